The van der Waals surface area contributed by atoms with Crippen LogP contribution < -0.4 is 5.32 Å². The van der Waals surface area contributed by atoms with Crippen molar-refractivity contribution in [1.82, 2.24) is 15.2 Å². The number of rotatable bonds is 3. The van der Waals surface area contributed by atoms with Gasteiger partial charge in [0.15, 0.2) is 0 Å². The zero-order valence-corrected chi connectivity index (χ0v) is 11.3. The monoisotopic (exact) mass is 261 g/mol. The van der Waals surface area contributed by atoms with Crippen LogP contribution in [0.3, 0.4) is 0 Å². The van der Waals surface area contributed by atoms with Crippen LogP contribution in [-0.4, -0.2) is 34.3 Å². The first-order valence-corrected chi connectivity index (χ1v) is 6.63. The Morgan fingerprint density at radius 3 is 2.74 bits per heavy atom. The normalized spacial score (nSPS) is 21.8. The highest BCUT2D eigenvalue weighted by molar-refractivity contribution is 5.90. The number of hydrogen-bond acceptors (Lipinski definition) is 3. The van der Waals surface area contributed by atoms with E-state index < -0.39 is 6.04 Å². The second-order valence-corrected chi connectivity index (χ2v) is 4.77. The molecule has 2 heterocycles. The second-order valence-electron chi connectivity index (χ2n) is 4.77. The van der Waals surface area contributed by atoms with Crippen LogP contribution in [0.2, 0.25) is 0 Å². The number of nitrogens with one attached hydrogen (secondary N) is 1. The van der Waals surface area contributed by atoms with Gasteiger partial charge in [0.25, 0.3) is 0 Å². The molecule has 2 atom stereocenters. The zero-order valence-electron chi connectivity index (χ0n) is 11.3. The summed E-state index contributed by atoms with van der Waals surface area (Å²) in [5.41, 5.74) is 1.03. The predicted molar refractivity (Wildman–Crippen MR) is 71.2 cm³/mol. The van der Waals surface area contributed by atoms with E-state index in [-0.39, 0.29) is 17.9 Å². The first kappa shape index (κ1) is 13.5. The summed E-state index contributed by atoms with van der Waals surface area (Å²) in [5.74, 6) is -0.0534. The Morgan fingerprint density at radius 2 is 2.11 bits per heavy atom. The molecule has 1 aliphatic rings. The fourth-order valence-corrected chi connectivity index (χ4v) is 2.34. The molecule has 1 fully saturated rings. The molecule has 2 unspecified atom stereocenters. The molecule has 2 amide bonds. The molecule has 1 aromatic rings. The van der Waals surface area contributed by atoms with E-state index in [1.807, 2.05) is 26.0 Å². The Hall–Kier alpha value is -1.91. The van der Waals surface area contributed by atoms with Gasteiger partial charge in [0.2, 0.25) is 11.8 Å². The highest BCUT2D eigenvalue weighted by atomic mass is 16.2. The lowest BCUT2D eigenvalue weighted by Gasteiger charge is -2.30. The molecular formula is C14H19N3O2. The van der Waals surface area contributed by atoms with Crippen LogP contribution in [0.4, 0.5) is 0 Å². The lowest BCUT2D eigenvalue weighted by molar-refractivity contribution is -0.135. The fourth-order valence-electron chi connectivity index (χ4n) is 2.34. The van der Waals surface area contributed by atoms with E-state index in [4.69, 9.17) is 0 Å². The van der Waals surface area contributed by atoms with Crippen molar-refractivity contribution in [3.63, 3.8) is 0 Å². The summed E-state index contributed by atoms with van der Waals surface area (Å²) < 4.78 is 0. The molecular weight excluding hydrogens is 242 g/mol. The summed E-state index contributed by atoms with van der Waals surface area (Å²) in [6, 6.07) is 3.36. The standard InChI is InChI=1S/C14H19N3O2/c1-3-12-14(19)17(9-6-13(18)16-12)10(2)11-4-7-15-8-5-11/h4-5,7-8,10,12H,3,6,9H2,1-2H3,(H,16,18). The van der Waals surface area contributed by atoms with E-state index in [9.17, 15) is 9.59 Å². The highest BCUT2D eigenvalue weighted by Crippen LogP contribution is 2.22. The summed E-state index contributed by atoms with van der Waals surface area (Å²) in [6.07, 6.45) is 4.41. The van der Waals surface area contributed by atoms with Gasteiger partial charge in [0.05, 0.1) is 6.04 Å². The van der Waals surface area contributed by atoms with Crippen molar-refractivity contribution in [3.8, 4) is 0 Å². The minimum absolute atomic E-state index is 0.00216. The van der Waals surface area contributed by atoms with Gasteiger partial charge in [0, 0.05) is 25.4 Å². The van der Waals surface area contributed by atoms with Crippen molar-refractivity contribution in [2.45, 2.75) is 38.8 Å². The van der Waals surface area contributed by atoms with Crippen molar-refractivity contribution >= 4 is 11.8 Å². The Kier molecular flexibility index (Phi) is 4.14. The molecule has 0 aromatic carbocycles. The van der Waals surface area contributed by atoms with Crippen LogP contribution >= 0.6 is 0 Å². The van der Waals surface area contributed by atoms with Gasteiger partial charge in [-0.05, 0) is 31.0 Å². The molecule has 102 valence electrons. The summed E-state index contributed by atoms with van der Waals surface area (Å²) in [7, 11) is 0. The average molecular weight is 261 g/mol. The number of nitrogens with zero attached hydrogens (tertiary/aromatic N) is 2. The third-order valence-electron chi connectivity index (χ3n) is 3.56. The molecule has 0 radical (unpaired) electrons. The van der Waals surface area contributed by atoms with E-state index in [0.29, 0.717) is 19.4 Å². The van der Waals surface area contributed by atoms with Gasteiger partial charge in [-0.1, -0.05) is 6.92 Å². The van der Waals surface area contributed by atoms with Gasteiger partial charge in [0.1, 0.15) is 6.04 Å². The maximum Gasteiger partial charge on any atom is 0.245 e. The molecule has 5 heteroatoms. The topological polar surface area (TPSA) is 62.3 Å². The smallest absolute Gasteiger partial charge is 0.245 e. The molecule has 1 aliphatic heterocycles. The van der Waals surface area contributed by atoms with Crippen molar-refractivity contribution < 1.29 is 9.59 Å². The molecule has 1 aromatic heterocycles. The Balaban J connectivity index is 2.22. The molecule has 2 rings (SSSR count). The van der Waals surface area contributed by atoms with E-state index in [0.717, 1.165) is 5.56 Å². The van der Waals surface area contributed by atoms with Crippen LogP contribution in [-0.2, 0) is 9.59 Å². The minimum atomic E-state index is -0.403. The number of hydrogen-bond donors (Lipinski definition) is 1. The second kappa shape index (κ2) is 5.82. The van der Waals surface area contributed by atoms with Crippen molar-refractivity contribution in [1.29, 1.82) is 0 Å². The van der Waals surface area contributed by atoms with E-state index in [2.05, 4.69) is 10.3 Å². The average Bonchev–Trinajstić information content (AvgIpc) is 2.58. The van der Waals surface area contributed by atoms with Crippen molar-refractivity contribution in [2.24, 2.45) is 0 Å². The largest absolute Gasteiger partial charge is 0.344 e. The first-order valence-electron chi connectivity index (χ1n) is 6.63. The van der Waals surface area contributed by atoms with Gasteiger partial charge in [-0.25, -0.2) is 0 Å². The third kappa shape index (κ3) is 2.92. The van der Waals surface area contributed by atoms with Gasteiger partial charge in [-0.2, -0.15) is 0 Å². The third-order valence-corrected chi connectivity index (χ3v) is 3.56. The van der Waals surface area contributed by atoms with E-state index >= 15 is 0 Å². The van der Waals surface area contributed by atoms with Crippen molar-refractivity contribution in [3.05, 3.63) is 30.1 Å². The lowest BCUT2D eigenvalue weighted by Crippen LogP contribution is -2.45. The quantitative estimate of drug-likeness (QED) is 0.891. The number of aromatic nitrogens is 1. The van der Waals surface area contributed by atoms with Crippen LogP contribution in [0.15, 0.2) is 24.5 Å². The number of carbonyl (C=O) groups is 2. The fraction of sp³-hybridized carbons (Fsp3) is 0.500. The molecule has 0 saturated carbocycles. The van der Waals surface area contributed by atoms with Gasteiger partial charge in [-0.3, -0.25) is 14.6 Å². The number of carbonyl (C=O) groups excluding carboxylic acids is 2. The molecule has 0 aliphatic carbocycles. The summed E-state index contributed by atoms with van der Waals surface area (Å²) in [4.78, 5) is 29.8. The van der Waals surface area contributed by atoms with Gasteiger partial charge >= 0.3 is 0 Å². The van der Waals surface area contributed by atoms with Crippen LogP contribution in [0.25, 0.3) is 0 Å². The van der Waals surface area contributed by atoms with Crippen LogP contribution in [0.5, 0.6) is 0 Å². The Bertz CT molecular complexity index is 461. The Morgan fingerprint density at radius 1 is 1.42 bits per heavy atom. The summed E-state index contributed by atoms with van der Waals surface area (Å²) in [5, 5.41) is 2.77. The van der Waals surface area contributed by atoms with E-state index in [1.54, 1.807) is 17.3 Å². The highest BCUT2D eigenvalue weighted by Gasteiger charge is 2.31. The molecule has 19 heavy (non-hydrogen) atoms. The van der Waals surface area contributed by atoms with Crippen LogP contribution in [0.1, 0.15) is 38.3 Å². The van der Waals surface area contributed by atoms with E-state index in [1.165, 1.54) is 0 Å². The lowest BCUT2D eigenvalue weighted by atomic mass is 10.1. The number of amides is 2. The molecule has 0 bridgehead atoms. The Labute approximate surface area is 113 Å². The number of pyridine rings is 1. The SMILES string of the molecule is CCC1NC(=O)CCN(C(C)c2ccncc2)C1=O. The zero-order chi connectivity index (χ0) is 13.8. The molecule has 5 nitrogen and oxygen atoms in total. The molecule has 1 saturated heterocycles. The predicted octanol–water partition coefficient (Wildman–Crippen LogP) is 1.27. The first-order chi connectivity index (χ1) is 9.13. The maximum atomic E-state index is 12.4. The minimum Gasteiger partial charge on any atom is -0.344 e. The van der Waals surface area contributed by atoms with Gasteiger partial charge < -0.3 is 10.2 Å². The summed E-state index contributed by atoms with van der Waals surface area (Å²) in [6.45, 7) is 4.35. The summed E-state index contributed by atoms with van der Waals surface area (Å²) >= 11 is 0. The van der Waals surface area contributed by atoms with Crippen LogP contribution in [0, 0.1) is 0 Å². The van der Waals surface area contributed by atoms with Gasteiger partial charge in [-0.15, -0.1) is 0 Å². The van der Waals surface area contributed by atoms with Crippen molar-refractivity contribution in [2.75, 3.05) is 6.54 Å². The molecule has 0 spiro atoms. The maximum absolute atomic E-state index is 12.4. The molecule has 1 N–H and O–H groups in total.